The molecule has 66 valence electrons. The van der Waals surface area contributed by atoms with Crippen molar-refractivity contribution in [3.05, 3.63) is 0 Å². The highest BCUT2D eigenvalue weighted by atomic mass is 28.4. The molecule has 0 saturated carbocycles. The summed E-state index contributed by atoms with van der Waals surface area (Å²) in [5, 5.41) is 0. The van der Waals surface area contributed by atoms with Gasteiger partial charge in [-0.3, -0.25) is 0 Å². The van der Waals surface area contributed by atoms with Crippen LogP contribution in [-0.2, 0) is 9.26 Å². The van der Waals surface area contributed by atoms with Gasteiger partial charge in [-0.25, -0.2) is 10.3 Å². The molecule has 0 spiro atoms. The first kappa shape index (κ1) is 10.4. The Kier molecular flexibility index (Phi) is 4.13. The van der Waals surface area contributed by atoms with E-state index in [9.17, 15) is 4.79 Å². The van der Waals surface area contributed by atoms with Gasteiger partial charge in [-0.05, 0) is 26.6 Å². The fourth-order valence-corrected chi connectivity index (χ4v) is 0.745. The number of hydroxylamine groups is 1. The fraction of sp³-hybridized carbons (Fsp3) is 0.833. The van der Waals surface area contributed by atoms with Crippen molar-refractivity contribution in [2.75, 3.05) is 6.61 Å². The van der Waals surface area contributed by atoms with Gasteiger partial charge in [0.05, 0.1) is 6.61 Å². The van der Waals surface area contributed by atoms with Crippen molar-refractivity contribution in [2.24, 2.45) is 0 Å². The Morgan fingerprint density at radius 2 is 2.00 bits per heavy atom. The quantitative estimate of drug-likeness (QED) is 0.525. The number of hydrogen-bond acceptors (Lipinski definition) is 3. The van der Waals surface area contributed by atoms with Crippen molar-refractivity contribution in [2.45, 2.75) is 26.6 Å². The predicted octanol–water partition coefficient (Wildman–Crippen LogP) is 1.50. The van der Waals surface area contributed by atoms with Crippen LogP contribution in [0.4, 0.5) is 4.79 Å². The third-order valence-corrected chi connectivity index (χ3v) is 1.43. The number of amides is 1. The molecule has 0 rings (SSSR count). The van der Waals surface area contributed by atoms with Gasteiger partial charge in [0.1, 0.15) is 0 Å². The van der Waals surface area contributed by atoms with Gasteiger partial charge in [0.25, 0.3) is 0 Å². The zero-order valence-electron chi connectivity index (χ0n) is 7.43. The molecule has 11 heavy (non-hydrogen) atoms. The summed E-state index contributed by atoms with van der Waals surface area (Å²) in [6.07, 6.45) is -0.519. The third kappa shape index (κ3) is 7.34. The van der Waals surface area contributed by atoms with Crippen molar-refractivity contribution in [3.63, 3.8) is 0 Å². The summed E-state index contributed by atoms with van der Waals surface area (Å²) in [6, 6.07) is 0. The summed E-state index contributed by atoms with van der Waals surface area (Å²) < 4.78 is 9.64. The fourth-order valence-electron chi connectivity index (χ4n) is 0.355. The van der Waals surface area contributed by atoms with E-state index in [2.05, 4.69) is 10.2 Å². The van der Waals surface area contributed by atoms with E-state index >= 15 is 0 Å². The second kappa shape index (κ2) is 4.35. The second-order valence-corrected chi connectivity index (χ2v) is 7.47. The lowest BCUT2D eigenvalue weighted by atomic mass is 10.9. The summed E-state index contributed by atoms with van der Waals surface area (Å²) in [5.74, 6) is 0. The first-order valence-corrected chi connectivity index (χ1v) is 6.97. The molecule has 0 heterocycles. The Balaban J connectivity index is 3.46. The number of carbonyl (C=O) groups is 1. The zero-order chi connectivity index (χ0) is 8.91. The highest BCUT2D eigenvalue weighted by molar-refractivity contribution is 6.69. The molecule has 0 saturated heterocycles. The van der Waals surface area contributed by atoms with Crippen LogP contribution in [0.2, 0.25) is 19.6 Å². The van der Waals surface area contributed by atoms with Crippen molar-refractivity contribution >= 4 is 14.4 Å². The highest BCUT2D eigenvalue weighted by Crippen LogP contribution is 1.98. The lowest BCUT2D eigenvalue weighted by Crippen LogP contribution is -2.37. The van der Waals surface area contributed by atoms with Crippen molar-refractivity contribution < 1.29 is 14.1 Å². The number of nitrogens with one attached hydrogen (secondary N) is 1. The lowest BCUT2D eigenvalue weighted by Gasteiger charge is -2.16. The molecule has 1 N–H and O–H groups in total. The van der Waals surface area contributed by atoms with E-state index in [1.165, 1.54) is 0 Å². The maximum atomic E-state index is 10.7. The van der Waals surface area contributed by atoms with Gasteiger partial charge in [-0.1, -0.05) is 0 Å². The van der Waals surface area contributed by atoms with Crippen molar-refractivity contribution in [1.29, 1.82) is 0 Å². The molecule has 5 heteroatoms. The van der Waals surface area contributed by atoms with E-state index in [0.29, 0.717) is 6.61 Å². The highest BCUT2D eigenvalue weighted by Gasteiger charge is 2.16. The van der Waals surface area contributed by atoms with Crippen LogP contribution >= 0.6 is 0 Å². The van der Waals surface area contributed by atoms with Gasteiger partial charge >= 0.3 is 6.09 Å². The molecule has 0 atom stereocenters. The summed E-state index contributed by atoms with van der Waals surface area (Å²) >= 11 is 0. The Morgan fingerprint density at radius 3 is 2.36 bits per heavy atom. The summed E-state index contributed by atoms with van der Waals surface area (Å²) in [4.78, 5) is 10.7. The molecule has 0 bridgehead atoms. The summed E-state index contributed by atoms with van der Waals surface area (Å²) in [7, 11) is -1.66. The maximum absolute atomic E-state index is 10.7. The Hall–Kier alpha value is -0.553. The molecule has 4 nitrogen and oxygen atoms in total. The van der Waals surface area contributed by atoms with E-state index in [-0.39, 0.29) is 0 Å². The van der Waals surface area contributed by atoms with Gasteiger partial charge in [-0.15, -0.1) is 0 Å². The Bertz CT molecular complexity index is 132. The van der Waals surface area contributed by atoms with E-state index in [1.807, 2.05) is 19.6 Å². The molecule has 0 unspecified atom stereocenters. The van der Waals surface area contributed by atoms with E-state index < -0.39 is 14.4 Å². The minimum atomic E-state index is -1.66. The monoisotopic (exact) mass is 177 g/mol. The smallest absolute Gasteiger partial charge is 0.430 e. The SMILES string of the molecule is CCOC(=O)NO[Si](C)(C)C. The average molecular weight is 177 g/mol. The number of rotatable bonds is 3. The predicted molar refractivity (Wildman–Crippen MR) is 44.6 cm³/mol. The standard InChI is InChI=1S/C6H15NO3Si/c1-5-9-6(8)7-10-11(2,3)4/h5H2,1-4H3,(H,7,8). The first-order valence-electron chi connectivity index (χ1n) is 3.56. The molecule has 0 fully saturated rings. The van der Waals surface area contributed by atoms with Crippen LogP contribution in [0.3, 0.4) is 0 Å². The minimum absolute atomic E-state index is 0.362. The van der Waals surface area contributed by atoms with E-state index in [1.54, 1.807) is 6.92 Å². The Morgan fingerprint density at radius 1 is 1.45 bits per heavy atom. The molecule has 0 aliphatic rings. The average Bonchev–Trinajstić information content (AvgIpc) is 1.83. The van der Waals surface area contributed by atoms with Gasteiger partial charge in [0.2, 0.25) is 8.32 Å². The van der Waals surface area contributed by atoms with Crippen LogP contribution in [0, 0.1) is 0 Å². The van der Waals surface area contributed by atoms with Crippen LogP contribution in [0.5, 0.6) is 0 Å². The van der Waals surface area contributed by atoms with Crippen LogP contribution in [-0.4, -0.2) is 21.0 Å². The van der Waals surface area contributed by atoms with Gasteiger partial charge < -0.3 is 9.26 Å². The molecular formula is C6H15NO3Si. The van der Waals surface area contributed by atoms with Crippen LogP contribution < -0.4 is 5.48 Å². The number of carbonyl (C=O) groups excluding carboxylic acids is 1. The molecule has 0 aromatic heterocycles. The normalized spacial score (nSPS) is 10.9. The molecule has 0 radical (unpaired) electrons. The largest absolute Gasteiger partial charge is 0.448 e. The molecular weight excluding hydrogens is 162 g/mol. The molecule has 0 aromatic rings. The molecule has 0 aromatic carbocycles. The van der Waals surface area contributed by atoms with E-state index in [4.69, 9.17) is 4.53 Å². The lowest BCUT2D eigenvalue weighted by molar-refractivity contribution is 0.101. The number of ether oxygens (including phenoxy) is 1. The number of hydrogen-bond donors (Lipinski definition) is 1. The van der Waals surface area contributed by atoms with Crippen LogP contribution in [0.1, 0.15) is 6.92 Å². The van der Waals surface area contributed by atoms with Gasteiger partial charge in [-0.2, -0.15) is 0 Å². The minimum Gasteiger partial charge on any atom is -0.448 e. The molecule has 1 amide bonds. The van der Waals surface area contributed by atoms with Crippen molar-refractivity contribution in [1.82, 2.24) is 5.48 Å². The van der Waals surface area contributed by atoms with Gasteiger partial charge in [0, 0.05) is 0 Å². The molecule has 0 aliphatic heterocycles. The van der Waals surface area contributed by atoms with Crippen LogP contribution in [0.15, 0.2) is 0 Å². The van der Waals surface area contributed by atoms with Crippen molar-refractivity contribution in [3.8, 4) is 0 Å². The van der Waals surface area contributed by atoms with Crippen LogP contribution in [0.25, 0.3) is 0 Å². The third-order valence-electron chi connectivity index (χ3n) is 0.716. The maximum Gasteiger partial charge on any atom is 0.430 e. The summed E-state index contributed by atoms with van der Waals surface area (Å²) in [5.41, 5.74) is 2.22. The first-order chi connectivity index (χ1) is 4.95. The Labute approximate surface area is 68.0 Å². The molecule has 0 aliphatic carbocycles. The zero-order valence-corrected chi connectivity index (χ0v) is 8.43. The van der Waals surface area contributed by atoms with E-state index in [0.717, 1.165) is 0 Å². The van der Waals surface area contributed by atoms with Gasteiger partial charge in [0.15, 0.2) is 0 Å². The second-order valence-electron chi connectivity index (χ2n) is 3.04. The topological polar surface area (TPSA) is 47.6 Å². The summed E-state index contributed by atoms with van der Waals surface area (Å²) in [6.45, 7) is 8.02.